The number of anilines is 1. The molecule has 2 aromatic rings. The molecule has 0 radical (unpaired) electrons. The molecule has 0 saturated carbocycles. The smallest absolute Gasteiger partial charge is 0.375 e. The van der Waals surface area contributed by atoms with E-state index in [0.717, 1.165) is 36.1 Å². The van der Waals surface area contributed by atoms with Crippen molar-refractivity contribution in [2.24, 2.45) is 0 Å². The lowest BCUT2D eigenvalue weighted by Gasteiger charge is -2.34. The quantitative estimate of drug-likeness (QED) is 0.619. The van der Waals surface area contributed by atoms with Crippen molar-refractivity contribution in [2.45, 2.75) is 58.2 Å². The summed E-state index contributed by atoms with van der Waals surface area (Å²) in [4.78, 5) is 43.5. The molecule has 2 unspecified atom stereocenters. The number of carbonyl (C=O) groups excluding carboxylic acids is 3. The molecule has 5 amide bonds. The fourth-order valence-electron chi connectivity index (χ4n) is 5.70. The number of urea groups is 2. The van der Waals surface area contributed by atoms with Gasteiger partial charge in [-0.05, 0) is 68.0 Å². The Labute approximate surface area is 219 Å². The Morgan fingerprint density at radius 2 is 1.89 bits per heavy atom. The number of nitrogens with one attached hydrogen (secondary N) is 1. The number of rotatable bonds is 4. The monoisotopic (exact) mass is 507 g/mol. The van der Waals surface area contributed by atoms with Crippen LogP contribution in [0.15, 0.2) is 42.5 Å². The van der Waals surface area contributed by atoms with Crippen molar-refractivity contribution in [2.75, 3.05) is 39.2 Å². The SMILES string of the molecule is CO[C@@H]1CC(C)[N+](C(=O)NCc2ccc(C(=O)N3CCCCc4ccccc43)cc2C)(C(=O)N(C)C)C1. The van der Waals surface area contributed by atoms with Crippen molar-refractivity contribution in [1.29, 1.82) is 0 Å². The van der Waals surface area contributed by atoms with E-state index in [0.29, 0.717) is 25.1 Å². The largest absolute Gasteiger partial charge is 0.428 e. The number of imide groups is 1. The highest BCUT2D eigenvalue weighted by Gasteiger charge is 2.57. The number of fused-ring (bicyclic) bond motifs is 1. The van der Waals surface area contributed by atoms with Crippen LogP contribution in [0.2, 0.25) is 0 Å². The van der Waals surface area contributed by atoms with Gasteiger partial charge in [0.15, 0.2) is 0 Å². The van der Waals surface area contributed by atoms with Crippen LogP contribution in [0.1, 0.15) is 53.2 Å². The average molecular weight is 508 g/mol. The van der Waals surface area contributed by atoms with Crippen LogP contribution in [-0.4, -0.2) is 73.8 Å². The second kappa shape index (κ2) is 11.0. The summed E-state index contributed by atoms with van der Waals surface area (Å²) in [6.45, 7) is 5.16. The molecule has 8 heteroatoms. The number of hydrogen-bond donors (Lipinski definition) is 1. The third-order valence-electron chi connectivity index (χ3n) is 7.89. The highest BCUT2D eigenvalue weighted by atomic mass is 16.5. The molecule has 37 heavy (non-hydrogen) atoms. The molecule has 4 rings (SSSR count). The van der Waals surface area contributed by atoms with Gasteiger partial charge in [-0.25, -0.2) is 9.59 Å². The van der Waals surface area contributed by atoms with Gasteiger partial charge in [0.1, 0.15) is 18.7 Å². The number of nitrogens with zero attached hydrogens (tertiary/aromatic N) is 3. The zero-order valence-electron chi connectivity index (χ0n) is 22.6. The van der Waals surface area contributed by atoms with Crippen LogP contribution in [0, 0.1) is 6.92 Å². The minimum atomic E-state index is -0.327. The minimum absolute atomic E-state index is 0.00868. The Kier molecular flexibility index (Phi) is 7.99. The molecule has 0 aromatic heterocycles. The standard InChI is InChI=1S/C29H38N4O4/c1-20-16-23(27(34)32-15-9-8-11-22-10-6-7-12-26(22)32)13-14-24(20)18-30-28(35)33(29(36)31(3)4)19-25(37-5)17-21(33)2/h6-7,10,12-14,16,21,25H,8-9,11,15,17-19H2,1-5H3/p+1/t21?,25-,33?/m1/s1. The third-order valence-corrected chi connectivity index (χ3v) is 7.89. The van der Waals surface area contributed by atoms with Crippen molar-refractivity contribution in [3.8, 4) is 0 Å². The van der Waals surface area contributed by atoms with Crippen molar-refractivity contribution >= 4 is 23.7 Å². The molecule has 0 aliphatic carbocycles. The van der Waals surface area contributed by atoms with E-state index in [9.17, 15) is 14.4 Å². The second-order valence-corrected chi connectivity index (χ2v) is 10.5. The van der Waals surface area contributed by atoms with E-state index in [4.69, 9.17) is 4.74 Å². The van der Waals surface area contributed by atoms with Gasteiger partial charge in [0.25, 0.3) is 5.91 Å². The summed E-state index contributed by atoms with van der Waals surface area (Å²) in [6, 6.07) is 13.0. The molecule has 1 fully saturated rings. The number of benzene rings is 2. The summed E-state index contributed by atoms with van der Waals surface area (Å²) in [7, 11) is 4.96. The van der Waals surface area contributed by atoms with Gasteiger partial charge in [0.2, 0.25) is 0 Å². The van der Waals surface area contributed by atoms with Crippen LogP contribution >= 0.6 is 0 Å². The van der Waals surface area contributed by atoms with Crippen LogP contribution in [0.3, 0.4) is 0 Å². The Balaban J connectivity index is 1.51. The lowest BCUT2D eigenvalue weighted by Crippen LogP contribution is -2.65. The topological polar surface area (TPSA) is 79.0 Å². The first-order chi connectivity index (χ1) is 17.7. The fraction of sp³-hybridized carbons (Fsp3) is 0.483. The van der Waals surface area contributed by atoms with E-state index in [-0.39, 0.29) is 41.1 Å². The summed E-state index contributed by atoms with van der Waals surface area (Å²) in [5.74, 6) is -0.00868. The van der Waals surface area contributed by atoms with E-state index in [1.807, 2.05) is 55.1 Å². The van der Waals surface area contributed by atoms with Crippen molar-refractivity contribution in [1.82, 2.24) is 10.2 Å². The molecule has 8 nitrogen and oxygen atoms in total. The molecule has 2 aliphatic rings. The van der Waals surface area contributed by atoms with E-state index >= 15 is 0 Å². The number of aryl methyl sites for hydroxylation is 2. The van der Waals surface area contributed by atoms with Crippen molar-refractivity contribution in [3.63, 3.8) is 0 Å². The van der Waals surface area contributed by atoms with Crippen LogP contribution in [-0.2, 0) is 17.7 Å². The first-order valence-corrected chi connectivity index (χ1v) is 13.1. The predicted octanol–water partition coefficient (Wildman–Crippen LogP) is 4.49. The summed E-state index contributed by atoms with van der Waals surface area (Å²) in [6.07, 6.45) is 3.51. The molecule has 198 valence electrons. The maximum absolute atomic E-state index is 13.5. The van der Waals surface area contributed by atoms with Gasteiger partial charge in [-0.15, -0.1) is 0 Å². The molecule has 3 atom stereocenters. The minimum Gasteiger partial charge on any atom is -0.375 e. The highest BCUT2D eigenvalue weighted by Crippen LogP contribution is 2.31. The Hall–Kier alpha value is -3.23. The van der Waals surface area contributed by atoms with Gasteiger partial charge in [0.05, 0.1) is 0 Å². The van der Waals surface area contributed by atoms with Gasteiger partial charge in [-0.2, -0.15) is 4.48 Å². The number of methoxy groups -OCH3 is 1. The summed E-state index contributed by atoms with van der Waals surface area (Å²) < 4.78 is 5.20. The number of carbonyl (C=O) groups is 3. The number of amides is 5. The number of likely N-dealkylation sites (tertiary alicyclic amines) is 1. The lowest BCUT2D eigenvalue weighted by molar-refractivity contribution is -0.784. The van der Waals surface area contributed by atoms with E-state index in [1.165, 1.54) is 10.5 Å². The summed E-state index contributed by atoms with van der Waals surface area (Å²) in [5, 5.41) is 3.00. The Morgan fingerprint density at radius 3 is 2.57 bits per heavy atom. The van der Waals surface area contributed by atoms with Crippen LogP contribution in [0.5, 0.6) is 0 Å². The van der Waals surface area contributed by atoms with Crippen molar-refractivity contribution in [3.05, 3.63) is 64.7 Å². The number of ether oxygens (including phenoxy) is 1. The number of hydrogen-bond acceptors (Lipinski definition) is 4. The third kappa shape index (κ3) is 5.13. The van der Waals surface area contributed by atoms with Gasteiger partial charge in [0, 0.05) is 52.0 Å². The Morgan fingerprint density at radius 1 is 1.14 bits per heavy atom. The maximum atomic E-state index is 13.5. The van der Waals surface area contributed by atoms with Gasteiger partial charge >= 0.3 is 12.1 Å². The van der Waals surface area contributed by atoms with Gasteiger partial charge in [-0.3, -0.25) is 9.69 Å². The second-order valence-electron chi connectivity index (χ2n) is 10.5. The van der Waals surface area contributed by atoms with Crippen LogP contribution in [0.25, 0.3) is 0 Å². The molecule has 0 spiro atoms. The first kappa shape index (κ1) is 26.8. The first-order valence-electron chi connectivity index (χ1n) is 13.1. The molecule has 1 N–H and O–H groups in total. The zero-order chi connectivity index (χ0) is 26.7. The lowest BCUT2D eigenvalue weighted by atomic mass is 10.0. The zero-order valence-corrected chi connectivity index (χ0v) is 22.6. The Bertz CT molecular complexity index is 1180. The normalized spacial score (nSPS) is 23.2. The van der Waals surface area contributed by atoms with Gasteiger partial charge in [-0.1, -0.05) is 24.3 Å². The van der Waals surface area contributed by atoms with Gasteiger partial charge < -0.3 is 15.0 Å². The van der Waals surface area contributed by atoms with Crippen LogP contribution in [0.4, 0.5) is 15.3 Å². The van der Waals surface area contributed by atoms with E-state index < -0.39 is 0 Å². The molecule has 1 saturated heterocycles. The summed E-state index contributed by atoms with van der Waals surface area (Å²) in [5.41, 5.74) is 4.66. The average Bonchev–Trinajstić information content (AvgIpc) is 3.09. The summed E-state index contributed by atoms with van der Waals surface area (Å²) >= 11 is 0. The molecule has 2 aromatic carbocycles. The molecule has 2 heterocycles. The van der Waals surface area contributed by atoms with E-state index in [2.05, 4.69) is 11.4 Å². The maximum Gasteiger partial charge on any atom is 0.428 e. The number of quaternary nitrogens is 1. The number of para-hydroxylation sites is 1. The van der Waals surface area contributed by atoms with Crippen LogP contribution < -0.4 is 10.2 Å². The molecular weight excluding hydrogens is 468 g/mol. The highest BCUT2D eigenvalue weighted by molar-refractivity contribution is 6.06. The predicted molar refractivity (Wildman–Crippen MR) is 144 cm³/mol. The van der Waals surface area contributed by atoms with Crippen molar-refractivity contribution < 1.29 is 23.6 Å². The van der Waals surface area contributed by atoms with E-state index in [1.54, 1.807) is 21.2 Å². The molecule has 0 bridgehead atoms. The molecule has 2 aliphatic heterocycles. The fourth-order valence-corrected chi connectivity index (χ4v) is 5.70. The molecular formula is C29H39N4O4+.